The van der Waals surface area contributed by atoms with E-state index in [1.807, 2.05) is 54.9 Å². The number of carbonyl (C=O) groups is 1. The summed E-state index contributed by atoms with van der Waals surface area (Å²) in [4.78, 5) is 12.1. The number of carbonyl (C=O) groups excluding carboxylic acids is 1. The Morgan fingerprint density at radius 3 is 2.37 bits per heavy atom. The van der Waals surface area contributed by atoms with Crippen molar-refractivity contribution in [1.29, 1.82) is 0 Å². The molecule has 0 aliphatic rings. The zero-order valence-corrected chi connectivity index (χ0v) is 14.0. The quantitative estimate of drug-likeness (QED) is 0.548. The Balaban J connectivity index is 0.00000180. The summed E-state index contributed by atoms with van der Waals surface area (Å²) >= 11 is 3.36. The van der Waals surface area contributed by atoms with Gasteiger partial charge in [0.1, 0.15) is 0 Å². The van der Waals surface area contributed by atoms with Crippen LogP contribution in [-0.2, 0) is 6.54 Å². The van der Waals surface area contributed by atoms with E-state index in [1.54, 1.807) is 0 Å². The van der Waals surface area contributed by atoms with Gasteiger partial charge in [-0.25, -0.2) is 0 Å². The van der Waals surface area contributed by atoms with Crippen molar-refractivity contribution in [3.05, 3.63) is 63.9 Å². The van der Waals surface area contributed by atoms with E-state index in [4.69, 9.17) is 0 Å². The predicted octanol–water partition coefficient (Wildman–Crippen LogP) is 0.240. The van der Waals surface area contributed by atoms with Gasteiger partial charge in [-0.15, -0.1) is 0 Å². The van der Waals surface area contributed by atoms with Crippen LogP contribution in [0.25, 0.3) is 0 Å². The molecular formula is C15H15Br2NO. The molecule has 1 aromatic heterocycles. The van der Waals surface area contributed by atoms with Crippen molar-refractivity contribution < 1.29 is 26.3 Å². The molecule has 19 heavy (non-hydrogen) atoms. The fourth-order valence-electron chi connectivity index (χ4n) is 1.84. The average Bonchev–Trinajstić information content (AvgIpc) is 2.33. The minimum Gasteiger partial charge on any atom is -1.00 e. The second-order valence-electron chi connectivity index (χ2n) is 4.40. The molecule has 0 bridgehead atoms. The van der Waals surface area contributed by atoms with Gasteiger partial charge in [0.15, 0.2) is 11.9 Å². The van der Waals surface area contributed by atoms with Crippen LogP contribution in [0.1, 0.15) is 21.6 Å². The summed E-state index contributed by atoms with van der Waals surface area (Å²) in [7, 11) is 0. The molecule has 4 heteroatoms. The molecule has 0 amide bonds. The maximum atomic E-state index is 12.1. The number of hydrogen-bond donors (Lipinski definition) is 0. The maximum absolute atomic E-state index is 12.1. The number of Topliss-reactive ketones (excluding diaryl/α,β-unsaturated/α-hetero) is 1. The van der Waals surface area contributed by atoms with Gasteiger partial charge in [0.2, 0.25) is 12.3 Å². The number of ketones is 1. The van der Waals surface area contributed by atoms with E-state index in [9.17, 15) is 4.79 Å². The minimum absolute atomic E-state index is 0. The number of benzene rings is 1. The molecule has 0 saturated heterocycles. The molecule has 0 saturated carbocycles. The smallest absolute Gasteiger partial charge is 0.227 e. The Hall–Kier alpha value is -1.000. The van der Waals surface area contributed by atoms with Crippen LogP contribution in [0.15, 0.2) is 47.1 Å². The monoisotopic (exact) mass is 383 g/mol. The van der Waals surface area contributed by atoms with Gasteiger partial charge in [-0.2, -0.15) is 4.57 Å². The highest BCUT2D eigenvalue weighted by molar-refractivity contribution is 9.10. The topological polar surface area (TPSA) is 20.9 Å². The van der Waals surface area contributed by atoms with Gasteiger partial charge < -0.3 is 17.0 Å². The first kappa shape index (κ1) is 16.1. The van der Waals surface area contributed by atoms with Gasteiger partial charge in [-0.3, -0.25) is 4.79 Å². The molecule has 0 spiro atoms. The van der Waals surface area contributed by atoms with Crippen LogP contribution >= 0.6 is 15.9 Å². The van der Waals surface area contributed by atoms with Crippen molar-refractivity contribution in [1.82, 2.24) is 0 Å². The third-order valence-electron chi connectivity index (χ3n) is 2.89. The Morgan fingerprint density at radius 1 is 1.16 bits per heavy atom. The fourth-order valence-corrected chi connectivity index (χ4v) is 2.11. The Labute approximate surface area is 132 Å². The van der Waals surface area contributed by atoms with Crippen molar-refractivity contribution in [2.75, 3.05) is 0 Å². The normalized spacial score (nSPS) is 9.84. The van der Waals surface area contributed by atoms with Crippen molar-refractivity contribution in [3.63, 3.8) is 0 Å². The summed E-state index contributed by atoms with van der Waals surface area (Å²) in [5.74, 6) is 0.124. The first-order chi connectivity index (χ1) is 8.56. The zero-order chi connectivity index (χ0) is 13.1. The molecule has 2 aromatic rings. The predicted molar refractivity (Wildman–Crippen MR) is 74.6 cm³/mol. The molecule has 0 aliphatic heterocycles. The lowest BCUT2D eigenvalue weighted by atomic mass is 10.1. The Kier molecular flexibility index (Phi) is 5.88. The largest absolute Gasteiger partial charge is 1.00 e. The van der Waals surface area contributed by atoms with Crippen LogP contribution in [0.5, 0.6) is 0 Å². The molecular weight excluding hydrogens is 370 g/mol. The molecule has 1 heterocycles. The number of nitrogens with zero attached hydrogens (tertiary/aromatic N) is 1. The summed E-state index contributed by atoms with van der Waals surface area (Å²) in [6.07, 6.45) is 1.96. The van der Waals surface area contributed by atoms with Crippen LogP contribution in [0.4, 0.5) is 0 Å². The van der Waals surface area contributed by atoms with E-state index in [-0.39, 0.29) is 22.8 Å². The van der Waals surface area contributed by atoms with Gasteiger partial charge in [-0.05, 0) is 24.6 Å². The first-order valence-corrected chi connectivity index (χ1v) is 6.61. The summed E-state index contributed by atoms with van der Waals surface area (Å²) in [5.41, 5.74) is 3.05. The molecule has 0 unspecified atom stereocenters. The zero-order valence-electron chi connectivity index (χ0n) is 10.9. The molecule has 0 aliphatic carbocycles. The minimum atomic E-state index is 0. The van der Waals surface area contributed by atoms with E-state index >= 15 is 0 Å². The SMILES string of the molecule is Cc1cc[n+](CC(=O)c2ccc(Br)cc2)c(C)c1.[Br-]. The standard InChI is InChI=1S/C15H15BrNO.BrH/c1-11-7-8-17(12(2)9-11)10-15(18)13-3-5-14(16)6-4-13;/h3-9H,10H2,1-2H3;1H/q+1;/p-1. The van der Waals surface area contributed by atoms with E-state index in [0.29, 0.717) is 6.54 Å². The number of aryl methyl sites for hydroxylation is 2. The Morgan fingerprint density at radius 2 is 1.79 bits per heavy atom. The van der Waals surface area contributed by atoms with Crippen molar-refractivity contribution in [2.24, 2.45) is 0 Å². The van der Waals surface area contributed by atoms with Crippen LogP contribution < -0.4 is 21.5 Å². The molecule has 1 aromatic carbocycles. The number of hydrogen-bond acceptors (Lipinski definition) is 1. The van der Waals surface area contributed by atoms with Gasteiger partial charge >= 0.3 is 0 Å². The molecule has 2 nitrogen and oxygen atoms in total. The number of rotatable bonds is 3. The van der Waals surface area contributed by atoms with E-state index in [2.05, 4.69) is 22.0 Å². The number of pyridine rings is 1. The Bertz CT molecular complexity index is 579. The van der Waals surface area contributed by atoms with Gasteiger partial charge in [-0.1, -0.05) is 28.1 Å². The molecule has 0 radical (unpaired) electrons. The van der Waals surface area contributed by atoms with Crippen LogP contribution in [-0.4, -0.2) is 5.78 Å². The second kappa shape index (κ2) is 6.96. The van der Waals surface area contributed by atoms with Crippen molar-refractivity contribution in [2.45, 2.75) is 20.4 Å². The highest BCUT2D eigenvalue weighted by Crippen LogP contribution is 2.11. The molecule has 100 valence electrons. The molecule has 0 N–H and O–H groups in total. The maximum Gasteiger partial charge on any atom is 0.227 e. The van der Waals surface area contributed by atoms with Crippen LogP contribution in [0.3, 0.4) is 0 Å². The first-order valence-electron chi connectivity index (χ1n) is 5.82. The lowest BCUT2D eigenvalue weighted by Gasteiger charge is -2.02. The van der Waals surface area contributed by atoms with Gasteiger partial charge in [0.05, 0.1) is 0 Å². The summed E-state index contributed by atoms with van der Waals surface area (Å²) in [6, 6.07) is 11.6. The lowest BCUT2D eigenvalue weighted by Crippen LogP contribution is -3.00. The third-order valence-corrected chi connectivity index (χ3v) is 3.42. The van der Waals surface area contributed by atoms with E-state index in [0.717, 1.165) is 15.7 Å². The van der Waals surface area contributed by atoms with Crippen LogP contribution in [0.2, 0.25) is 0 Å². The lowest BCUT2D eigenvalue weighted by molar-refractivity contribution is -0.689. The van der Waals surface area contributed by atoms with Crippen LogP contribution in [0, 0.1) is 13.8 Å². The summed E-state index contributed by atoms with van der Waals surface area (Å²) < 4.78 is 2.95. The molecule has 0 fully saturated rings. The second-order valence-corrected chi connectivity index (χ2v) is 5.32. The average molecular weight is 385 g/mol. The fraction of sp³-hybridized carbons (Fsp3) is 0.200. The van der Waals surface area contributed by atoms with Gasteiger partial charge in [0, 0.05) is 29.1 Å². The molecule has 2 rings (SSSR count). The molecule has 0 atom stereocenters. The summed E-state index contributed by atoms with van der Waals surface area (Å²) in [5, 5.41) is 0. The number of halogens is 2. The summed E-state index contributed by atoms with van der Waals surface area (Å²) in [6.45, 7) is 4.45. The van der Waals surface area contributed by atoms with E-state index < -0.39 is 0 Å². The van der Waals surface area contributed by atoms with Crippen molar-refractivity contribution >= 4 is 21.7 Å². The highest BCUT2D eigenvalue weighted by atomic mass is 79.9. The van der Waals surface area contributed by atoms with Gasteiger partial charge in [0.25, 0.3) is 0 Å². The van der Waals surface area contributed by atoms with E-state index in [1.165, 1.54) is 5.56 Å². The number of aromatic nitrogens is 1. The van der Waals surface area contributed by atoms with Crippen molar-refractivity contribution in [3.8, 4) is 0 Å². The highest BCUT2D eigenvalue weighted by Gasteiger charge is 2.14. The third kappa shape index (κ3) is 4.25.